The zero-order valence-corrected chi connectivity index (χ0v) is 18.5. The molecule has 2 aromatic carbocycles. The second kappa shape index (κ2) is 7.99. The van der Waals surface area contributed by atoms with Crippen LogP contribution in [0.5, 0.6) is 5.75 Å². The fourth-order valence-electron chi connectivity index (χ4n) is 5.85. The predicted molar refractivity (Wildman–Crippen MR) is 120 cm³/mol. The fraction of sp³-hybridized carbons (Fsp3) is 0.423. The lowest BCUT2D eigenvalue weighted by Crippen LogP contribution is -2.52. The first-order chi connectivity index (χ1) is 16.1. The zero-order chi connectivity index (χ0) is 22.5. The Morgan fingerprint density at radius 3 is 2.42 bits per heavy atom. The number of fused-ring (bicyclic) bond motifs is 2. The van der Waals surface area contributed by atoms with E-state index in [0.29, 0.717) is 24.6 Å². The summed E-state index contributed by atoms with van der Waals surface area (Å²) >= 11 is 0. The molecule has 6 rings (SSSR count). The second-order valence-corrected chi connectivity index (χ2v) is 9.55. The Balaban J connectivity index is 1.16. The summed E-state index contributed by atoms with van der Waals surface area (Å²) in [6, 6.07) is 14.1. The van der Waals surface area contributed by atoms with Crippen molar-refractivity contribution in [3.8, 4) is 5.75 Å². The highest BCUT2D eigenvalue weighted by atomic mass is 16.5. The third kappa shape index (κ3) is 3.60. The van der Waals surface area contributed by atoms with Gasteiger partial charge in [0, 0.05) is 37.7 Å². The molecule has 0 bridgehead atoms. The van der Waals surface area contributed by atoms with Gasteiger partial charge in [-0.15, -0.1) is 0 Å². The minimum Gasteiger partial charge on any atom is -0.489 e. The van der Waals surface area contributed by atoms with Crippen LogP contribution in [-0.2, 0) is 29.2 Å². The van der Waals surface area contributed by atoms with E-state index in [1.54, 1.807) is 4.90 Å². The molecule has 0 aromatic heterocycles. The predicted octanol–water partition coefficient (Wildman–Crippen LogP) is 2.76. The molecule has 1 unspecified atom stereocenters. The largest absolute Gasteiger partial charge is 0.489 e. The topological polar surface area (TPSA) is 79.0 Å². The minimum atomic E-state index is -0.594. The quantitative estimate of drug-likeness (QED) is 0.733. The van der Waals surface area contributed by atoms with Crippen LogP contribution in [0.2, 0.25) is 0 Å². The van der Waals surface area contributed by atoms with Gasteiger partial charge in [-0.05, 0) is 60.6 Å². The van der Waals surface area contributed by atoms with Crippen molar-refractivity contribution in [2.75, 3.05) is 0 Å². The van der Waals surface area contributed by atoms with Crippen molar-refractivity contribution in [3.05, 3.63) is 64.7 Å². The van der Waals surface area contributed by atoms with Crippen LogP contribution in [-0.4, -0.2) is 45.7 Å². The maximum Gasteiger partial charge on any atom is 0.255 e. The molecular weight excluding hydrogens is 418 g/mol. The fourth-order valence-corrected chi connectivity index (χ4v) is 5.85. The maximum atomic E-state index is 12.9. The summed E-state index contributed by atoms with van der Waals surface area (Å²) in [5, 5.41) is 2.35. The first-order valence-corrected chi connectivity index (χ1v) is 11.8. The summed E-state index contributed by atoms with van der Waals surface area (Å²) in [7, 11) is 0. The summed E-state index contributed by atoms with van der Waals surface area (Å²) in [5.74, 6) is -0.0347. The average molecular weight is 446 g/mol. The molecule has 3 aliphatic heterocycles. The lowest BCUT2D eigenvalue weighted by atomic mass is 10.0. The number of benzene rings is 2. The van der Waals surface area contributed by atoms with Crippen LogP contribution < -0.4 is 10.1 Å². The molecule has 1 aliphatic carbocycles. The van der Waals surface area contributed by atoms with Crippen LogP contribution in [0.25, 0.3) is 0 Å². The maximum absolute atomic E-state index is 12.9. The van der Waals surface area contributed by atoms with Gasteiger partial charge in [-0.25, -0.2) is 0 Å². The number of amides is 3. The Labute approximate surface area is 192 Å². The van der Waals surface area contributed by atoms with Gasteiger partial charge in [-0.3, -0.25) is 24.6 Å². The van der Waals surface area contributed by atoms with E-state index >= 15 is 0 Å². The van der Waals surface area contributed by atoms with Crippen molar-refractivity contribution < 1.29 is 19.1 Å². The van der Waals surface area contributed by atoms with Crippen LogP contribution >= 0.6 is 0 Å². The zero-order valence-electron chi connectivity index (χ0n) is 18.5. The molecule has 170 valence electrons. The molecule has 0 spiro atoms. The smallest absolute Gasteiger partial charge is 0.255 e. The number of carbonyl (C=O) groups is 3. The van der Waals surface area contributed by atoms with Crippen molar-refractivity contribution in [2.45, 2.75) is 69.9 Å². The van der Waals surface area contributed by atoms with Crippen LogP contribution in [0.3, 0.4) is 0 Å². The molecule has 2 fully saturated rings. The van der Waals surface area contributed by atoms with E-state index in [-0.39, 0.29) is 30.2 Å². The summed E-state index contributed by atoms with van der Waals surface area (Å²) in [6.07, 6.45) is 4.06. The van der Waals surface area contributed by atoms with Gasteiger partial charge in [0.05, 0.1) is 0 Å². The van der Waals surface area contributed by atoms with E-state index in [1.165, 1.54) is 11.1 Å². The molecule has 1 saturated heterocycles. The highest BCUT2D eigenvalue weighted by Crippen LogP contribution is 2.35. The number of carbonyl (C=O) groups excluding carboxylic acids is 3. The molecule has 1 saturated carbocycles. The number of piperidine rings is 1. The van der Waals surface area contributed by atoms with Crippen molar-refractivity contribution >= 4 is 17.7 Å². The average Bonchev–Trinajstić information content (AvgIpc) is 3.51. The SMILES string of the molecule is O=C1CCC(N2Cc3cc(O[C@@H]4CCC[C@@H]4N4Cc5ccccc5C4)ccc3C2=O)C(=O)N1. The van der Waals surface area contributed by atoms with E-state index in [9.17, 15) is 14.4 Å². The molecule has 7 heteroatoms. The molecule has 7 nitrogen and oxygen atoms in total. The van der Waals surface area contributed by atoms with Crippen molar-refractivity contribution in [2.24, 2.45) is 0 Å². The summed E-state index contributed by atoms with van der Waals surface area (Å²) in [6.45, 7) is 2.31. The van der Waals surface area contributed by atoms with Gasteiger partial charge in [0.1, 0.15) is 17.9 Å². The molecular formula is C26H27N3O4. The molecule has 33 heavy (non-hydrogen) atoms. The van der Waals surface area contributed by atoms with E-state index in [2.05, 4.69) is 34.5 Å². The number of ether oxygens (including phenoxy) is 1. The Kier molecular flexibility index (Phi) is 4.94. The first-order valence-electron chi connectivity index (χ1n) is 11.8. The van der Waals surface area contributed by atoms with Crippen LogP contribution in [0, 0.1) is 0 Å². The van der Waals surface area contributed by atoms with Gasteiger partial charge in [-0.1, -0.05) is 24.3 Å². The monoisotopic (exact) mass is 445 g/mol. The van der Waals surface area contributed by atoms with Crippen LogP contribution in [0.4, 0.5) is 0 Å². The molecule has 3 atom stereocenters. The summed E-state index contributed by atoms with van der Waals surface area (Å²) in [5.41, 5.74) is 4.32. The van der Waals surface area contributed by atoms with E-state index in [4.69, 9.17) is 4.74 Å². The number of rotatable bonds is 4. The van der Waals surface area contributed by atoms with Crippen molar-refractivity contribution in [3.63, 3.8) is 0 Å². The minimum absolute atomic E-state index is 0.126. The van der Waals surface area contributed by atoms with E-state index < -0.39 is 6.04 Å². The third-order valence-electron chi connectivity index (χ3n) is 7.53. The van der Waals surface area contributed by atoms with Gasteiger partial charge in [0.15, 0.2) is 0 Å². The summed E-state index contributed by atoms with van der Waals surface area (Å²) in [4.78, 5) is 40.8. The highest BCUT2D eigenvalue weighted by molar-refractivity contribution is 6.05. The van der Waals surface area contributed by atoms with Crippen LogP contribution in [0.15, 0.2) is 42.5 Å². The second-order valence-electron chi connectivity index (χ2n) is 9.55. The molecule has 3 heterocycles. The first kappa shape index (κ1) is 20.4. The van der Waals surface area contributed by atoms with E-state index in [0.717, 1.165) is 43.7 Å². The Hall–Kier alpha value is -3.19. The Morgan fingerprint density at radius 2 is 1.67 bits per heavy atom. The van der Waals surface area contributed by atoms with Crippen molar-refractivity contribution in [1.29, 1.82) is 0 Å². The Morgan fingerprint density at radius 1 is 0.879 bits per heavy atom. The molecule has 1 N–H and O–H groups in total. The van der Waals surface area contributed by atoms with Crippen LogP contribution in [0.1, 0.15) is 59.2 Å². The molecule has 2 aromatic rings. The van der Waals surface area contributed by atoms with Gasteiger partial charge >= 0.3 is 0 Å². The molecule has 4 aliphatic rings. The number of nitrogens with one attached hydrogen (secondary N) is 1. The van der Waals surface area contributed by atoms with E-state index in [1.807, 2.05) is 18.2 Å². The molecule has 3 amide bonds. The summed E-state index contributed by atoms with van der Waals surface area (Å²) < 4.78 is 6.48. The number of hydrogen-bond acceptors (Lipinski definition) is 5. The lowest BCUT2D eigenvalue weighted by Gasteiger charge is -2.29. The third-order valence-corrected chi connectivity index (χ3v) is 7.53. The van der Waals surface area contributed by atoms with Gasteiger partial charge in [-0.2, -0.15) is 0 Å². The standard InChI is InChI=1S/C26H27N3O4/c30-24-11-10-22(25(31)27-24)29-15-18-12-19(8-9-20(18)26(29)32)33-23-7-3-6-21(23)28-13-16-4-1-2-5-17(16)14-28/h1-2,4-5,8-9,12,21-23H,3,6-7,10-11,13-15H2,(H,27,30,31)/t21-,22?,23+/m0/s1. The number of hydrogen-bond donors (Lipinski definition) is 1. The Bertz CT molecular complexity index is 1120. The number of nitrogens with zero attached hydrogens (tertiary/aromatic N) is 2. The van der Waals surface area contributed by atoms with Crippen molar-refractivity contribution in [1.82, 2.24) is 15.1 Å². The van der Waals surface area contributed by atoms with Gasteiger partial charge in [0.2, 0.25) is 11.8 Å². The van der Waals surface area contributed by atoms with Gasteiger partial charge in [0.25, 0.3) is 5.91 Å². The van der Waals surface area contributed by atoms with Gasteiger partial charge < -0.3 is 9.64 Å². The normalized spacial score (nSPS) is 27.0. The highest BCUT2D eigenvalue weighted by Gasteiger charge is 2.40. The molecule has 0 radical (unpaired) electrons. The number of imide groups is 1. The lowest BCUT2D eigenvalue weighted by molar-refractivity contribution is -0.136.